The Morgan fingerprint density at radius 3 is 2.86 bits per heavy atom. The molecule has 0 saturated heterocycles. The van der Waals surface area contributed by atoms with Crippen LogP contribution in [0, 0.1) is 6.92 Å². The van der Waals surface area contributed by atoms with Gasteiger partial charge in [-0.15, -0.1) is 11.3 Å². The summed E-state index contributed by atoms with van der Waals surface area (Å²) in [5.41, 5.74) is 1.42. The second kappa shape index (κ2) is 6.36. The Morgan fingerprint density at radius 2 is 2.19 bits per heavy atom. The number of nitrogens with one attached hydrogen (secondary N) is 1. The zero-order chi connectivity index (χ0) is 15.4. The Morgan fingerprint density at radius 1 is 1.43 bits per heavy atom. The van der Waals surface area contributed by atoms with Gasteiger partial charge in [0.2, 0.25) is 0 Å². The predicted octanol–water partition coefficient (Wildman–Crippen LogP) is 1.94. The van der Waals surface area contributed by atoms with E-state index in [1.165, 1.54) is 11.3 Å². The molecule has 0 saturated carbocycles. The number of benzene rings is 1. The summed E-state index contributed by atoms with van der Waals surface area (Å²) in [5.74, 6) is -0.808. The molecule has 2 aromatic rings. The highest BCUT2D eigenvalue weighted by Crippen LogP contribution is 2.29. The van der Waals surface area contributed by atoms with Gasteiger partial charge in [0.05, 0.1) is 12.8 Å². The van der Waals surface area contributed by atoms with Crippen LogP contribution in [0.3, 0.4) is 0 Å². The molecular formula is C14H14N2O4S. The van der Waals surface area contributed by atoms with Crippen molar-refractivity contribution in [1.29, 1.82) is 0 Å². The summed E-state index contributed by atoms with van der Waals surface area (Å²) in [6.45, 7) is 1.31. The van der Waals surface area contributed by atoms with Gasteiger partial charge in [0.25, 0.3) is 5.91 Å². The van der Waals surface area contributed by atoms with Gasteiger partial charge in [-0.2, -0.15) is 0 Å². The van der Waals surface area contributed by atoms with Gasteiger partial charge in [0.1, 0.15) is 22.2 Å². The molecule has 0 fully saturated rings. The molecule has 0 radical (unpaired) electrons. The third-order valence-corrected chi connectivity index (χ3v) is 3.92. The highest BCUT2D eigenvalue weighted by atomic mass is 32.1. The topological polar surface area (TPSA) is 88.5 Å². The summed E-state index contributed by atoms with van der Waals surface area (Å²) in [4.78, 5) is 27.2. The lowest BCUT2D eigenvalue weighted by atomic mass is 10.2. The summed E-state index contributed by atoms with van der Waals surface area (Å²) in [5, 5.41) is 11.6. The third kappa shape index (κ3) is 3.57. The summed E-state index contributed by atoms with van der Waals surface area (Å²) in [7, 11) is 1.58. The number of aryl methyl sites for hydroxylation is 1. The number of carbonyl (C=O) groups excluding carboxylic acids is 1. The van der Waals surface area contributed by atoms with E-state index >= 15 is 0 Å². The van der Waals surface area contributed by atoms with Gasteiger partial charge in [-0.1, -0.05) is 12.1 Å². The summed E-state index contributed by atoms with van der Waals surface area (Å²) in [6.07, 6.45) is 0. The first-order chi connectivity index (χ1) is 10.0. The number of aliphatic carboxylic acids is 1. The second-order valence-electron chi connectivity index (χ2n) is 4.24. The molecule has 2 rings (SSSR count). The van der Waals surface area contributed by atoms with Gasteiger partial charge >= 0.3 is 5.97 Å². The van der Waals surface area contributed by atoms with Crippen molar-refractivity contribution in [2.24, 2.45) is 0 Å². The van der Waals surface area contributed by atoms with Crippen molar-refractivity contribution < 1.29 is 19.4 Å². The zero-order valence-electron chi connectivity index (χ0n) is 11.5. The van der Waals surface area contributed by atoms with Gasteiger partial charge < -0.3 is 15.2 Å². The fourth-order valence-corrected chi connectivity index (χ4v) is 2.70. The molecular weight excluding hydrogens is 292 g/mol. The van der Waals surface area contributed by atoms with Crippen LogP contribution in [0.2, 0.25) is 0 Å². The first-order valence-corrected chi connectivity index (χ1v) is 6.94. The van der Waals surface area contributed by atoms with Gasteiger partial charge in [-0.25, -0.2) is 4.98 Å². The lowest BCUT2D eigenvalue weighted by molar-refractivity contribution is -0.135. The van der Waals surface area contributed by atoms with Crippen LogP contribution in [0.4, 0.5) is 0 Å². The number of nitrogens with zero attached hydrogens (tertiary/aromatic N) is 1. The predicted molar refractivity (Wildman–Crippen MR) is 78.8 cm³/mol. The molecule has 0 aliphatic rings. The van der Waals surface area contributed by atoms with Gasteiger partial charge in [0.15, 0.2) is 0 Å². The van der Waals surface area contributed by atoms with Crippen molar-refractivity contribution >= 4 is 23.2 Å². The van der Waals surface area contributed by atoms with Gasteiger partial charge in [-0.05, 0) is 19.1 Å². The van der Waals surface area contributed by atoms with E-state index in [0.717, 1.165) is 5.56 Å². The fourth-order valence-electron chi connectivity index (χ4n) is 1.72. The van der Waals surface area contributed by atoms with Crippen molar-refractivity contribution in [3.63, 3.8) is 0 Å². The third-order valence-electron chi connectivity index (χ3n) is 2.72. The number of amides is 1. The molecule has 21 heavy (non-hydrogen) atoms. The molecule has 0 atom stereocenters. The normalized spacial score (nSPS) is 10.2. The average molecular weight is 306 g/mol. The maximum absolute atomic E-state index is 11.9. The monoisotopic (exact) mass is 306 g/mol. The summed E-state index contributed by atoms with van der Waals surface area (Å²) in [6, 6.07) is 7.37. The van der Waals surface area contributed by atoms with E-state index in [1.54, 1.807) is 14.0 Å². The molecule has 0 aliphatic heterocycles. The van der Waals surface area contributed by atoms with E-state index in [4.69, 9.17) is 9.84 Å². The first kappa shape index (κ1) is 15.0. The molecule has 1 aromatic carbocycles. The maximum atomic E-state index is 11.9. The van der Waals surface area contributed by atoms with Crippen molar-refractivity contribution in [2.75, 3.05) is 13.7 Å². The average Bonchev–Trinajstić information content (AvgIpc) is 2.87. The van der Waals surface area contributed by atoms with Crippen molar-refractivity contribution in [3.8, 4) is 16.3 Å². The lowest BCUT2D eigenvalue weighted by Crippen LogP contribution is -2.29. The molecule has 110 valence electrons. The highest BCUT2D eigenvalue weighted by Gasteiger charge is 2.16. The number of rotatable bonds is 5. The van der Waals surface area contributed by atoms with Crippen molar-refractivity contribution in [2.45, 2.75) is 6.92 Å². The van der Waals surface area contributed by atoms with Gasteiger partial charge in [0, 0.05) is 5.56 Å². The molecule has 0 unspecified atom stereocenters. The van der Waals surface area contributed by atoms with Crippen molar-refractivity contribution in [1.82, 2.24) is 10.3 Å². The smallest absolute Gasteiger partial charge is 0.322 e. The van der Waals surface area contributed by atoms with Crippen LogP contribution in [0.1, 0.15) is 15.4 Å². The van der Waals surface area contributed by atoms with E-state index in [-0.39, 0.29) is 0 Å². The van der Waals surface area contributed by atoms with Crippen LogP contribution < -0.4 is 10.1 Å². The van der Waals surface area contributed by atoms with E-state index in [9.17, 15) is 9.59 Å². The van der Waals surface area contributed by atoms with Crippen LogP contribution in [-0.4, -0.2) is 35.6 Å². The minimum Gasteiger partial charge on any atom is -0.497 e. The quantitative estimate of drug-likeness (QED) is 0.881. The standard InChI is InChI=1S/C14H14N2O4S/c1-8-12(13(19)15-7-11(17)18)21-14(16-8)9-4-3-5-10(6-9)20-2/h3-6H,7H2,1-2H3,(H,15,19)(H,17,18). The Balaban J connectivity index is 2.25. The van der Waals surface area contributed by atoms with Crippen LogP contribution in [0.5, 0.6) is 5.75 Å². The number of carbonyl (C=O) groups is 2. The van der Waals surface area contributed by atoms with Crippen LogP contribution in [0.15, 0.2) is 24.3 Å². The SMILES string of the molecule is COc1cccc(-c2nc(C)c(C(=O)NCC(=O)O)s2)c1. The highest BCUT2D eigenvalue weighted by molar-refractivity contribution is 7.17. The second-order valence-corrected chi connectivity index (χ2v) is 5.24. The maximum Gasteiger partial charge on any atom is 0.322 e. The number of methoxy groups -OCH3 is 1. The first-order valence-electron chi connectivity index (χ1n) is 6.13. The number of carboxylic acids is 1. The molecule has 0 aliphatic carbocycles. The molecule has 0 bridgehead atoms. The van der Waals surface area contributed by atoms with E-state index in [0.29, 0.717) is 21.3 Å². The molecule has 1 aromatic heterocycles. The molecule has 2 N–H and O–H groups in total. The van der Waals surface area contributed by atoms with Crippen LogP contribution in [0.25, 0.3) is 10.6 Å². The minimum atomic E-state index is -1.08. The van der Waals surface area contributed by atoms with E-state index in [2.05, 4.69) is 10.3 Å². The minimum absolute atomic E-state index is 0.411. The molecule has 1 amide bonds. The molecule has 1 heterocycles. The Bertz CT molecular complexity index is 681. The summed E-state index contributed by atoms with van der Waals surface area (Å²) >= 11 is 1.22. The van der Waals surface area contributed by atoms with E-state index < -0.39 is 18.4 Å². The largest absolute Gasteiger partial charge is 0.497 e. The van der Waals surface area contributed by atoms with Gasteiger partial charge in [-0.3, -0.25) is 9.59 Å². The van der Waals surface area contributed by atoms with Crippen molar-refractivity contribution in [3.05, 3.63) is 34.8 Å². The zero-order valence-corrected chi connectivity index (χ0v) is 12.4. The Kier molecular flexibility index (Phi) is 4.54. The van der Waals surface area contributed by atoms with Crippen LogP contribution >= 0.6 is 11.3 Å². The number of ether oxygens (including phenoxy) is 1. The molecule has 7 heteroatoms. The number of hydrogen-bond acceptors (Lipinski definition) is 5. The Labute approximate surface area is 125 Å². The number of aromatic nitrogens is 1. The summed E-state index contributed by atoms with van der Waals surface area (Å²) < 4.78 is 5.16. The number of hydrogen-bond donors (Lipinski definition) is 2. The Hall–Kier alpha value is -2.41. The molecule has 0 spiro atoms. The fraction of sp³-hybridized carbons (Fsp3) is 0.214. The van der Waals surface area contributed by atoms with Crippen LogP contribution in [-0.2, 0) is 4.79 Å². The molecule has 6 nitrogen and oxygen atoms in total. The lowest BCUT2D eigenvalue weighted by Gasteiger charge is -2.01. The number of carboxylic acid groups (broad SMARTS) is 1. The van der Waals surface area contributed by atoms with E-state index in [1.807, 2.05) is 24.3 Å². The number of thiazole rings is 1.